The highest BCUT2D eigenvalue weighted by Gasteiger charge is 2.08. The van der Waals surface area contributed by atoms with E-state index in [0.29, 0.717) is 10.2 Å². The van der Waals surface area contributed by atoms with Crippen LogP contribution in [0.2, 0.25) is 5.02 Å². The lowest BCUT2D eigenvalue weighted by Crippen LogP contribution is -2.01. The summed E-state index contributed by atoms with van der Waals surface area (Å²) in [5.74, 6) is 0.623. The van der Waals surface area contributed by atoms with Gasteiger partial charge in [-0.25, -0.2) is 9.37 Å². The first-order valence-corrected chi connectivity index (χ1v) is 6.68. The molecule has 0 atom stereocenters. The van der Waals surface area contributed by atoms with E-state index in [2.05, 4.69) is 26.2 Å². The van der Waals surface area contributed by atoms with E-state index in [1.54, 1.807) is 7.05 Å². The van der Waals surface area contributed by atoms with Gasteiger partial charge in [-0.2, -0.15) is 0 Å². The molecule has 0 aliphatic heterocycles. The van der Waals surface area contributed by atoms with Crippen molar-refractivity contribution in [1.29, 1.82) is 0 Å². The smallest absolute Gasteiger partial charge is 0.145 e. The molecule has 1 N–H and O–H groups in total. The second-order valence-corrected chi connectivity index (χ2v) is 5.01. The quantitative estimate of drug-likeness (QED) is 0.841. The Bertz CT molecular complexity index is 595. The number of benzene rings is 1. The molecule has 3 nitrogen and oxygen atoms in total. The average Bonchev–Trinajstić information content (AvgIpc) is 2.41. The molecule has 19 heavy (non-hydrogen) atoms. The second kappa shape index (κ2) is 6.21. The van der Waals surface area contributed by atoms with Crippen molar-refractivity contribution in [1.82, 2.24) is 4.98 Å². The maximum Gasteiger partial charge on any atom is 0.145 e. The summed E-state index contributed by atoms with van der Waals surface area (Å²) in [4.78, 5) is 4.30. The molecule has 1 heterocycles. The third-order valence-electron chi connectivity index (χ3n) is 2.41. The van der Waals surface area contributed by atoms with Crippen LogP contribution >= 0.6 is 27.5 Å². The van der Waals surface area contributed by atoms with Gasteiger partial charge >= 0.3 is 0 Å². The van der Waals surface area contributed by atoms with Gasteiger partial charge in [-0.15, -0.1) is 0 Å². The van der Waals surface area contributed by atoms with Gasteiger partial charge in [0.15, 0.2) is 0 Å². The van der Waals surface area contributed by atoms with Crippen molar-refractivity contribution in [3.05, 3.63) is 51.3 Å². The van der Waals surface area contributed by atoms with Crippen molar-refractivity contribution in [2.45, 2.75) is 6.61 Å². The summed E-state index contributed by atoms with van der Waals surface area (Å²) in [6.45, 7) is 0.245. The Morgan fingerprint density at radius 3 is 2.95 bits per heavy atom. The molecule has 1 aromatic carbocycles. The van der Waals surface area contributed by atoms with E-state index in [0.717, 1.165) is 11.5 Å². The van der Waals surface area contributed by atoms with Gasteiger partial charge in [0.2, 0.25) is 0 Å². The van der Waals surface area contributed by atoms with Gasteiger partial charge in [-0.1, -0.05) is 17.7 Å². The topological polar surface area (TPSA) is 34.1 Å². The fourth-order valence-corrected chi connectivity index (χ4v) is 2.22. The fraction of sp³-hybridized carbons (Fsp3) is 0.154. The molecule has 0 spiro atoms. The van der Waals surface area contributed by atoms with Crippen molar-refractivity contribution in [3.63, 3.8) is 0 Å². The lowest BCUT2D eigenvalue weighted by Gasteiger charge is -2.09. The second-order valence-electron chi connectivity index (χ2n) is 3.75. The summed E-state index contributed by atoms with van der Waals surface area (Å²) in [6, 6.07) is 8.26. The summed E-state index contributed by atoms with van der Waals surface area (Å²) in [6.07, 6.45) is 0. The van der Waals surface area contributed by atoms with Crippen LogP contribution < -0.4 is 10.1 Å². The third kappa shape index (κ3) is 3.58. The van der Waals surface area contributed by atoms with Crippen LogP contribution in [0.3, 0.4) is 0 Å². The van der Waals surface area contributed by atoms with Crippen molar-refractivity contribution in [2.24, 2.45) is 0 Å². The van der Waals surface area contributed by atoms with E-state index in [9.17, 15) is 4.39 Å². The third-order valence-corrected chi connectivity index (χ3v) is 3.32. The zero-order chi connectivity index (χ0) is 13.8. The molecule has 0 radical (unpaired) electrons. The van der Waals surface area contributed by atoms with Crippen LogP contribution in [-0.2, 0) is 6.61 Å². The van der Waals surface area contributed by atoms with Gasteiger partial charge < -0.3 is 10.1 Å². The molecular formula is C13H11BrClFN2O. The number of nitrogens with one attached hydrogen (secondary N) is 1. The Morgan fingerprint density at radius 2 is 2.21 bits per heavy atom. The summed E-state index contributed by atoms with van der Waals surface area (Å²) in [5, 5.41) is 2.99. The lowest BCUT2D eigenvalue weighted by molar-refractivity contribution is 0.298. The number of rotatable bonds is 4. The number of ether oxygens (including phenoxy) is 1. The Balaban J connectivity index is 2.12. The molecule has 100 valence electrons. The van der Waals surface area contributed by atoms with Crippen molar-refractivity contribution < 1.29 is 9.13 Å². The normalized spacial score (nSPS) is 10.3. The first-order valence-electron chi connectivity index (χ1n) is 5.51. The lowest BCUT2D eigenvalue weighted by atomic mass is 10.3. The van der Waals surface area contributed by atoms with Gasteiger partial charge in [0.05, 0.1) is 15.2 Å². The maximum atomic E-state index is 13.3. The van der Waals surface area contributed by atoms with Gasteiger partial charge in [-0.05, 0) is 34.1 Å². The van der Waals surface area contributed by atoms with Gasteiger partial charge in [0, 0.05) is 13.1 Å². The SMILES string of the molecule is CNc1cccc(COc2cc(F)c(Cl)cc2Br)n1. The molecule has 0 saturated heterocycles. The first kappa shape index (κ1) is 14.1. The Hall–Kier alpha value is -1.33. The zero-order valence-corrected chi connectivity index (χ0v) is 12.4. The molecule has 0 unspecified atom stereocenters. The molecule has 2 aromatic rings. The maximum absolute atomic E-state index is 13.3. The minimum absolute atomic E-state index is 0.0505. The number of hydrogen-bond donors (Lipinski definition) is 1. The summed E-state index contributed by atoms with van der Waals surface area (Å²) >= 11 is 8.94. The molecule has 0 amide bonds. The highest BCUT2D eigenvalue weighted by atomic mass is 79.9. The van der Waals surface area contributed by atoms with Crippen LogP contribution in [0, 0.1) is 5.82 Å². The highest BCUT2D eigenvalue weighted by molar-refractivity contribution is 9.10. The molecule has 0 aliphatic rings. The molecule has 2 rings (SSSR count). The number of pyridine rings is 1. The standard InChI is InChI=1S/C13H11BrClFN2O/c1-17-13-4-2-3-8(18-13)7-19-12-6-11(16)10(15)5-9(12)14/h2-6H,7H2,1H3,(H,17,18). The predicted octanol–water partition coefficient (Wildman–Crippen LogP) is 4.26. The van der Waals surface area contributed by atoms with E-state index in [-0.39, 0.29) is 11.6 Å². The van der Waals surface area contributed by atoms with Crippen molar-refractivity contribution in [3.8, 4) is 5.75 Å². The molecular weight excluding hydrogens is 335 g/mol. The fourth-order valence-electron chi connectivity index (χ4n) is 1.47. The van der Waals surface area contributed by atoms with Crippen LogP contribution in [0.15, 0.2) is 34.8 Å². The Labute approximate surface area is 123 Å². The molecule has 1 aromatic heterocycles. The van der Waals surface area contributed by atoms with Crippen molar-refractivity contribution >= 4 is 33.3 Å². The highest BCUT2D eigenvalue weighted by Crippen LogP contribution is 2.30. The molecule has 0 bridgehead atoms. The number of halogens is 3. The van der Waals surface area contributed by atoms with Crippen LogP contribution in [0.5, 0.6) is 5.75 Å². The van der Waals surface area contributed by atoms with Gasteiger partial charge in [-0.3, -0.25) is 0 Å². The van der Waals surface area contributed by atoms with E-state index in [4.69, 9.17) is 16.3 Å². The largest absolute Gasteiger partial charge is 0.486 e. The van der Waals surface area contributed by atoms with Crippen LogP contribution in [0.1, 0.15) is 5.69 Å². The van der Waals surface area contributed by atoms with Crippen LogP contribution in [0.4, 0.5) is 10.2 Å². The zero-order valence-electron chi connectivity index (χ0n) is 10.1. The van der Waals surface area contributed by atoms with E-state index in [1.807, 2.05) is 18.2 Å². The average molecular weight is 346 g/mol. The van der Waals surface area contributed by atoms with Crippen LogP contribution in [0.25, 0.3) is 0 Å². The molecule has 0 saturated carbocycles. The monoisotopic (exact) mass is 344 g/mol. The van der Waals surface area contributed by atoms with E-state index in [1.165, 1.54) is 12.1 Å². The Kier molecular flexibility index (Phi) is 4.61. The molecule has 0 aliphatic carbocycles. The Morgan fingerprint density at radius 1 is 1.42 bits per heavy atom. The summed E-state index contributed by atoms with van der Waals surface area (Å²) < 4.78 is 19.5. The summed E-state index contributed by atoms with van der Waals surface area (Å²) in [7, 11) is 1.79. The van der Waals surface area contributed by atoms with Crippen molar-refractivity contribution in [2.75, 3.05) is 12.4 Å². The number of nitrogens with zero attached hydrogens (tertiary/aromatic N) is 1. The summed E-state index contributed by atoms with van der Waals surface area (Å²) in [5.41, 5.74) is 0.745. The predicted molar refractivity (Wildman–Crippen MR) is 77.2 cm³/mol. The van der Waals surface area contributed by atoms with Gasteiger partial charge in [0.25, 0.3) is 0 Å². The van der Waals surface area contributed by atoms with E-state index < -0.39 is 5.82 Å². The van der Waals surface area contributed by atoms with Crippen LogP contribution in [-0.4, -0.2) is 12.0 Å². The number of aromatic nitrogens is 1. The van der Waals surface area contributed by atoms with Gasteiger partial charge in [0.1, 0.15) is 24.0 Å². The minimum Gasteiger partial charge on any atom is -0.486 e. The number of anilines is 1. The number of hydrogen-bond acceptors (Lipinski definition) is 3. The first-order chi connectivity index (χ1) is 9.10. The molecule has 6 heteroatoms. The molecule has 0 fully saturated rings. The minimum atomic E-state index is -0.517. The van der Waals surface area contributed by atoms with E-state index >= 15 is 0 Å².